The van der Waals surface area contributed by atoms with Crippen LogP contribution in [0, 0.1) is 0 Å². The van der Waals surface area contributed by atoms with Gasteiger partial charge in [-0.25, -0.2) is 19.4 Å². The molecule has 1 aliphatic heterocycles. The lowest BCUT2D eigenvalue weighted by atomic mass is 9.95. The maximum Gasteiger partial charge on any atom is 0.338 e. The van der Waals surface area contributed by atoms with Crippen LogP contribution in [0.3, 0.4) is 0 Å². The first-order chi connectivity index (χ1) is 21.7. The summed E-state index contributed by atoms with van der Waals surface area (Å²) in [6.07, 6.45) is -2.48. The summed E-state index contributed by atoms with van der Waals surface area (Å²) in [7, 11) is 0. The summed E-state index contributed by atoms with van der Waals surface area (Å²) in [5, 5.41) is 0. The third-order valence-electron chi connectivity index (χ3n) is 7.35. The maximum absolute atomic E-state index is 13.5. The number of nitrogens with two attached hydrogens (primary N) is 1. The predicted molar refractivity (Wildman–Crippen MR) is 159 cm³/mol. The number of nitrogen functional groups attached to an aromatic ring is 1. The quantitative estimate of drug-likeness (QED) is 0.195. The van der Waals surface area contributed by atoms with E-state index in [0.29, 0.717) is 5.56 Å². The predicted octanol–water partition coefficient (Wildman–Crippen LogP) is 3.30. The lowest BCUT2D eigenvalue weighted by Crippen LogP contribution is -2.50. The highest BCUT2D eigenvalue weighted by molar-refractivity contribution is 5.91. The van der Waals surface area contributed by atoms with Gasteiger partial charge in [-0.15, -0.1) is 0 Å². The van der Waals surface area contributed by atoms with Crippen molar-refractivity contribution < 1.29 is 33.3 Å². The molecular formula is C32H27N5O8. The van der Waals surface area contributed by atoms with E-state index in [-0.39, 0.29) is 28.2 Å². The van der Waals surface area contributed by atoms with Crippen LogP contribution in [0.15, 0.2) is 102 Å². The Morgan fingerprint density at radius 2 is 1.44 bits per heavy atom. The Kier molecular flexibility index (Phi) is 7.84. The number of ether oxygens (including phenoxy) is 4. The van der Waals surface area contributed by atoms with Crippen molar-refractivity contribution in [3.8, 4) is 0 Å². The van der Waals surface area contributed by atoms with Crippen molar-refractivity contribution in [3.05, 3.63) is 124 Å². The largest absolute Gasteiger partial charge is 0.459 e. The molecule has 228 valence electrons. The van der Waals surface area contributed by atoms with Crippen LogP contribution in [0.1, 0.15) is 44.2 Å². The van der Waals surface area contributed by atoms with Crippen molar-refractivity contribution in [3.63, 3.8) is 0 Å². The molecule has 45 heavy (non-hydrogen) atoms. The second kappa shape index (κ2) is 12.1. The molecule has 0 bridgehead atoms. The number of nitrogens with one attached hydrogen (secondary N) is 1. The number of anilines is 1. The highest BCUT2D eigenvalue weighted by Crippen LogP contribution is 2.44. The second-order valence-electron chi connectivity index (χ2n) is 10.4. The topological polar surface area (TPSA) is 178 Å². The van der Waals surface area contributed by atoms with E-state index < -0.39 is 54.1 Å². The molecule has 3 N–H and O–H groups in total. The Morgan fingerprint density at radius 3 is 2.04 bits per heavy atom. The number of fused-ring (bicyclic) bond motifs is 1. The molecular weight excluding hydrogens is 582 g/mol. The van der Waals surface area contributed by atoms with E-state index in [1.165, 1.54) is 17.8 Å². The Balaban J connectivity index is 1.43. The summed E-state index contributed by atoms with van der Waals surface area (Å²) >= 11 is 0. The zero-order valence-electron chi connectivity index (χ0n) is 23.9. The number of aromatic amines is 1. The Hall–Kier alpha value is -5.82. The summed E-state index contributed by atoms with van der Waals surface area (Å²) in [5.41, 5.74) is 4.17. The number of imidazole rings is 1. The van der Waals surface area contributed by atoms with E-state index in [1.54, 1.807) is 91.0 Å². The number of rotatable bonds is 8. The van der Waals surface area contributed by atoms with Crippen LogP contribution in [0.4, 0.5) is 5.95 Å². The van der Waals surface area contributed by atoms with Crippen LogP contribution in [0.25, 0.3) is 11.2 Å². The van der Waals surface area contributed by atoms with Crippen molar-refractivity contribution >= 4 is 35.0 Å². The molecule has 0 aliphatic carbocycles. The van der Waals surface area contributed by atoms with E-state index in [4.69, 9.17) is 24.7 Å². The molecule has 1 fully saturated rings. The van der Waals surface area contributed by atoms with Crippen molar-refractivity contribution in [2.45, 2.75) is 31.0 Å². The number of nitrogens with zero attached hydrogens (tertiary/aromatic N) is 3. The van der Waals surface area contributed by atoms with E-state index in [2.05, 4.69) is 15.0 Å². The maximum atomic E-state index is 13.5. The standard InChI is InChI=1S/C32H27N5O8/c1-32(45-29(41)21-15-9-4-10-16-21)24(44-28(40)20-13-7-3-8-14-20)22(17-42-27(39)19-11-5-2-6-12-19)43-30(32)37-18-34-23-25(37)35-31(33)36-26(23)38/h2-16,18,22,24,30H,17H2,1H3,(H3,33,35,36,38)/t22-,24-,30-,32-/m1/s1. The SMILES string of the molecule is C[C@@]1(OC(=O)c2ccccc2)[C@H](OC(=O)c2ccccc2)[C@@H](COC(=O)c2ccccc2)O[C@H]1n1cnc2c(=O)[nH]c(N)nc21. The average Bonchev–Trinajstić information content (AvgIpc) is 3.59. The fraction of sp³-hybridized carbons (Fsp3) is 0.188. The summed E-state index contributed by atoms with van der Waals surface area (Å²) in [4.78, 5) is 63.2. The van der Waals surface area contributed by atoms with Crippen molar-refractivity contribution in [1.29, 1.82) is 0 Å². The monoisotopic (exact) mass is 609 g/mol. The molecule has 0 amide bonds. The van der Waals surface area contributed by atoms with Gasteiger partial charge in [-0.05, 0) is 43.3 Å². The fourth-order valence-corrected chi connectivity index (χ4v) is 5.17. The molecule has 0 unspecified atom stereocenters. The van der Waals surface area contributed by atoms with Crippen LogP contribution in [0.5, 0.6) is 0 Å². The summed E-state index contributed by atoms with van der Waals surface area (Å²) < 4.78 is 25.5. The first-order valence-electron chi connectivity index (χ1n) is 13.9. The van der Waals surface area contributed by atoms with Crippen molar-refractivity contribution in [2.24, 2.45) is 0 Å². The van der Waals surface area contributed by atoms with Gasteiger partial charge in [-0.1, -0.05) is 54.6 Å². The molecule has 13 heteroatoms. The van der Waals surface area contributed by atoms with Crippen LogP contribution < -0.4 is 11.3 Å². The number of aromatic nitrogens is 4. The van der Waals surface area contributed by atoms with Crippen LogP contribution in [-0.2, 0) is 18.9 Å². The van der Waals surface area contributed by atoms with Gasteiger partial charge < -0.3 is 24.7 Å². The van der Waals surface area contributed by atoms with Crippen LogP contribution in [-0.4, -0.2) is 61.8 Å². The first kappa shape index (κ1) is 29.3. The molecule has 13 nitrogen and oxygen atoms in total. The lowest BCUT2D eigenvalue weighted by Gasteiger charge is -2.34. The number of carbonyl (C=O) groups is 3. The molecule has 0 radical (unpaired) electrons. The van der Waals surface area contributed by atoms with Crippen LogP contribution in [0.2, 0.25) is 0 Å². The average molecular weight is 610 g/mol. The summed E-state index contributed by atoms with van der Waals surface area (Å²) in [6, 6.07) is 24.7. The molecule has 2 aromatic heterocycles. The molecule has 0 saturated carbocycles. The van der Waals surface area contributed by atoms with Gasteiger partial charge in [0.25, 0.3) is 5.56 Å². The molecule has 3 heterocycles. The molecule has 1 saturated heterocycles. The van der Waals surface area contributed by atoms with Crippen molar-refractivity contribution in [2.75, 3.05) is 12.3 Å². The fourth-order valence-electron chi connectivity index (χ4n) is 5.17. The van der Waals surface area contributed by atoms with Crippen molar-refractivity contribution in [1.82, 2.24) is 19.5 Å². The summed E-state index contributed by atoms with van der Waals surface area (Å²) in [5.74, 6) is -2.31. The van der Waals surface area contributed by atoms with E-state index in [9.17, 15) is 19.2 Å². The van der Waals surface area contributed by atoms with Gasteiger partial charge in [0.2, 0.25) is 5.95 Å². The third-order valence-corrected chi connectivity index (χ3v) is 7.35. The molecule has 3 aromatic carbocycles. The molecule has 4 atom stereocenters. The van der Waals surface area contributed by atoms with Gasteiger partial charge in [0.15, 0.2) is 29.1 Å². The van der Waals surface area contributed by atoms with Gasteiger partial charge in [0.1, 0.15) is 12.7 Å². The Bertz CT molecular complexity index is 1910. The minimum atomic E-state index is -1.78. The first-order valence-corrected chi connectivity index (χ1v) is 13.9. The molecule has 1 aliphatic rings. The minimum Gasteiger partial charge on any atom is -0.459 e. The molecule has 6 rings (SSSR count). The molecule has 5 aromatic rings. The molecule has 0 spiro atoms. The Morgan fingerprint density at radius 1 is 0.889 bits per heavy atom. The normalized spacial score (nSPS) is 20.9. The zero-order chi connectivity index (χ0) is 31.6. The van der Waals surface area contributed by atoms with Gasteiger partial charge in [0, 0.05) is 0 Å². The third kappa shape index (κ3) is 5.76. The number of carbonyl (C=O) groups excluding carboxylic acids is 3. The highest BCUT2D eigenvalue weighted by atomic mass is 16.7. The summed E-state index contributed by atoms with van der Waals surface area (Å²) in [6.45, 7) is 1.13. The van der Waals surface area contributed by atoms with E-state index >= 15 is 0 Å². The second-order valence-corrected chi connectivity index (χ2v) is 10.4. The highest BCUT2D eigenvalue weighted by Gasteiger charge is 2.60. The Labute approximate surface area is 255 Å². The van der Waals surface area contributed by atoms with Gasteiger partial charge in [-0.3, -0.25) is 14.3 Å². The lowest BCUT2D eigenvalue weighted by molar-refractivity contribution is -0.108. The number of hydrogen-bond donors (Lipinski definition) is 2. The smallest absolute Gasteiger partial charge is 0.338 e. The van der Waals surface area contributed by atoms with Gasteiger partial charge in [-0.2, -0.15) is 4.98 Å². The van der Waals surface area contributed by atoms with Gasteiger partial charge >= 0.3 is 17.9 Å². The number of esters is 3. The van der Waals surface area contributed by atoms with Gasteiger partial charge in [0.05, 0.1) is 23.0 Å². The van der Waals surface area contributed by atoms with E-state index in [1.807, 2.05) is 0 Å². The van der Waals surface area contributed by atoms with Crippen LogP contribution >= 0.6 is 0 Å². The van der Waals surface area contributed by atoms with E-state index in [0.717, 1.165) is 0 Å². The zero-order valence-corrected chi connectivity index (χ0v) is 23.9. The minimum absolute atomic E-state index is 0.0262. The number of hydrogen-bond acceptors (Lipinski definition) is 11. The number of H-pyrrole nitrogens is 1. The number of benzene rings is 3.